The van der Waals surface area contributed by atoms with Crippen LogP contribution in [0.1, 0.15) is 6.92 Å². The Balaban J connectivity index is 1.69. The first-order valence-electron chi connectivity index (χ1n) is 7.49. The summed E-state index contributed by atoms with van der Waals surface area (Å²) in [5.74, 6) is 0.600. The fraction of sp³-hybridized carbons (Fsp3) is 0.278. The van der Waals surface area contributed by atoms with Crippen LogP contribution in [-0.2, 0) is 9.53 Å². The lowest BCUT2D eigenvalue weighted by molar-refractivity contribution is -0.154. The van der Waals surface area contributed by atoms with Crippen molar-refractivity contribution in [2.75, 3.05) is 13.2 Å². The number of halogens is 1. The first-order chi connectivity index (χ1) is 11.5. The third-order valence-electron chi connectivity index (χ3n) is 3.06. The molecule has 0 heterocycles. The minimum Gasteiger partial charge on any atom is -0.491 e. The van der Waals surface area contributed by atoms with Gasteiger partial charge in [0, 0.05) is 5.02 Å². The number of hydrogen-bond acceptors (Lipinski definition) is 5. The molecule has 2 aromatic rings. The zero-order valence-corrected chi connectivity index (χ0v) is 14.0. The summed E-state index contributed by atoms with van der Waals surface area (Å²) in [5, 5.41) is 10.4. The highest BCUT2D eigenvalue weighted by Gasteiger charge is 2.18. The second-order valence-electron chi connectivity index (χ2n) is 5.12. The molecular weight excluding hydrogens is 332 g/mol. The molecule has 0 fully saturated rings. The summed E-state index contributed by atoms with van der Waals surface area (Å²) in [6, 6.07) is 15.7. The molecule has 5 nitrogen and oxygen atoms in total. The van der Waals surface area contributed by atoms with Crippen molar-refractivity contribution in [1.29, 1.82) is 0 Å². The highest BCUT2D eigenvalue weighted by atomic mass is 35.5. The summed E-state index contributed by atoms with van der Waals surface area (Å²) in [6.45, 7) is 1.42. The molecule has 0 amide bonds. The van der Waals surface area contributed by atoms with E-state index in [0.717, 1.165) is 0 Å². The molecule has 0 saturated carbocycles. The normalized spacial score (nSPS) is 13.0. The van der Waals surface area contributed by atoms with Gasteiger partial charge in [0.15, 0.2) is 6.10 Å². The van der Waals surface area contributed by atoms with Gasteiger partial charge in [0.25, 0.3) is 0 Å². The number of aliphatic hydroxyl groups excluding tert-OH is 1. The van der Waals surface area contributed by atoms with E-state index in [0.29, 0.717) is 16.5 Å². The molecule has 0 saturated heterocycles. The van der Waals surface area contributed by atoms with E-state index in [1.165, 1.54) is 0 Å². The van der Waals surface area contributed by atoms with Crippen LogP contribution in [0.2, 0.25) is 5.02 Å². The Hall–Kier alpha value is -2.24. The maximum atomic E-state index is 11.8. The second-order valence-corrected chi connectivity index (χ2v) is 5.56. The zero-order valence-electron chi connectivity index (χ0n) is 13.2. The molecule has 0 spiro atoms. The number of ether oxygens (including phenoxy) is 3. The van der Waals surface area contributed by atoms with E-state index in [1.54, 1.807) is 43.3 Å². The van der Waals surface area contributed by atoms with E-state index in [2.05, 4.69) is 0 Å². The average molecular weight is 351 g/mol. The number of esters is 1. The number of hydrogen-bond donors (Lipinski definition) is 1. The summed E-state index contributed by atoms with van der Waals surface area (Å²) in [5.41, 5.74) is 0. The topological polar surface area (TPSA) is 65.0 Å². The summed E-state index contributed by atoms with van der Waals surface area (Å²) in [7, 11) is 0. The maximum absolute atomic E-state index is 11.8. The van der Waals surface area contributed by atoms with Crippen LogP contribution in [0.15, 0.2) is 54.6 Å². The maximum Gasteiger partial charge on any atom is 0.347 e. The molecule has 2 aromatic carbocycles. The van der Waals surface area contributed by atoms with Gasteiger partial charge in [-0.15, -0.1) is 0 Å². The van der Waals surface area contributed by atoms with Crippen LogP contribution >= 0.6 is 11.6 Å². The predicted octanol–water partition coefficient (Wildman–Crippen LogP) is 3.09. The molecule has 1 N–H and O–H groups in total. The van der Waals surface area contributed by atoms with Crippen LogP contribution in [-0.4, -0.2) is 36.5 Å². The number of aliphatic hydroxyl groups is 1. The van der Waals surface area contributed by atoms with Crippen LogP contribution in [0.5, 0.6) is 11.5 Å². The SMILES string of the molecule is CC(Oc1ccccc1)C(=O)OCC(O)COc1ccc(Cl)cc1. The highest BCUT2D eigenvalue weighted by Crippen LogP contribution is 2.15. The van der Waals surface area contributed by atoms with Crippen LogP contribution in [0.4, 0.5) is 0 Å². The number of para-hydroxylation sites is 1. The molecule has 6 heteroatoms. The van der Waals surface area contributed by atoms with E-state index in [9.17, 15) is 9.90 Å². The van der Waals surface area contributed by atoms with Gasteiger partial charge in [0.2, 0.25) is 0 Å². The van der Waals surface area contributed by atoms with Crippen molar-refractivity contribution < 1.29 is 24.1 Å². The molecule has 2 rings (SSSR count). The van der Waals surface area contributed by atoms with Gasteiger partial charge in [0.1, 0.15) is 30.8 Å². The van der Waals surface area contributed by atoms with Crippen molar-refractivity contribution in [2.24, 2.45) is 0 Å². The number of carbonyl (C=O) groups is 1. The molecule has 2 unspecified atom stereocenters. The van der Waals surface area contributed by atoms with Crippen molar-refractivity contribution in [3.8, 4) is 11.5 Å². The van der Waals surface area contributed by atoms with E-state index in [1.807, 2.05) is 18.2 Å². The summed E-state index contributed by atoms with van der Waals surface area (Å²) in [6.07, 6.45) is -1.70. The molecule has 0 aromatic heterocycles. The first-order valence-corrected chi connectivity index (χ1v) is 7.87. The zero-order chi connectivity index (χ0) is 17.4. The van der Waals surface area contributed by atoms with Gasteiger partial charge in [-0.05, 0) is 43.3 Å². The van der Waals surface area contributed by atoms with Gasteiger partial charge in [0.05, 0.1) is 0 Å². The standard InChI is InChI=1S/C18H19ClO5/c1-13(24-17-5-3-2-4-6-17)18(21)23-12-15(20)11-22-16-9-7-14(19)8-10-16/h2-10,13,15,20H,11-12H2,1H3. The summed E-state index contributed by atoms with van der Waals surface area (Å²) >= 11 is 5.77. The van der Waals surface area contributed by atoms with Crippen LogP contribution in [0, 0.1) is 0 Å². The van der Waals surface area contributed by atoms with Crippen LogP contribution in [0.25, 0.3) is 0 Å². The Bertz CT molecular complexity index is 630. The van der Waals surface area contributed by atoms with Crippen LogP contribution in [0.3, 0.4) is 0 Å². The highest BCUT2D eigenvalue weighted by molar-refractivity contribution is 6.30. The summed E-state index contributed by atoms with van der Waals surface area (Å²) < 4.78 is 15.9. The van der Waals surface area contributed by atoms with Gasteiger partial charge in [-0.1, -0.05) is 29.8 Å². The van der Waals surface area contributed by atoms with Gasteiger partial charge < -0.3 is 19.3 Å². The number of rotatable bonds is 8. The molecular formula is C18H19ClO5. The van der Waals surface area contributed by atoms with Crippen molar-refractivity contribution in [1.82, 2.24) is 0 Å². The van der Waals surface area contributed by atoms with E-state index in [-0.39, 0.29) is 13.2 Å². The molecule has 24 heavy (non-hydrogen) atoms. The predicted molar refractivity (Wildman–Crippen MR) is 90.4 cm³/mol. The smallest absolute Gasteiger partial charge is 0.347 e. The second kappa shape index (κ2) is 9.15. The molecule has 0 aliphatic heterocycles. The van der Waals surface area contributed by atoms with Crippen LogP contribution < -0.4 is 9.47 Å². The summed E-state index contributed by atoms with van der Waals surface area (Å²) in [4.78, 5) is 11.8. The Kier molecular flexibility index (Phi) is 6.90. The number of benzene rings is 2. The Morgan fingerprint density at radius 2 is 1.71 bits per heavy atom. The lowest BCUT2D eigenvalue weighted by Gasteiger charge is -2.16. The Morgan fingerprint density at radius 3 is 2.38 bits per heavy atom. The van der Waals surface area contributed by atoms with Crippen molar-refractivity contribution >= 4 is 17.6 Å². The van der Waals surface area contributed by atoms with Gasteiger partial charge in [-0.2, -0.15) is 0 Å². The quantitative estimate of drug-likeness (QED) is 0.741. The minimum atomic E-state index is -0.937. The molecule has 128 valence electrons. The molecule has 0 aliphatic carbocycles. The van der Waals surface area contributed by atoms with Crippen molar-refractivity contribution in [3.05, 3.63) is 59.6 Å². The first kappa shape index (κ1) is 18.1. The lowest BCUT2D eigenvalue weighted by Crippen LogP contribution is -2.31. The average Bonchev–Trinajstić information content (AvgIpc) is 2.60. The van der Waals surface area contributed by atoms with Crippen molar-refractivity contribution in [3.63, 3.8) is 0 Å². The lowest BCUT2D eigenvalue weighted by atomic mass is 10.3. The minimum absolute atomic E-state index is 0.00281. The van der Waals surface area contributed by atoms with Gasteiger partial charge >= 0.3 is 5.97 Å². The van der Waals surface area contributed by atoms with E-state index >= 15 is 0 Å². The molecule has 0 aliphatic rings. The Morgan fingerprint density at radius 1 is 1.04 bits per heavy atom. The molecule has 2 atom stereocenters. The van der Waals surface area contributed by atoms with E-state index < -0.39 is 18.2 Å². The van der Waals surface area contributed by atoms with Crippen molar-refractivity contribution in [2.45, 2.75) is 19.1 Å². The monoisotopic (exact) mass is 350 g/mol. The van der Waals surface area contributed by atoms with E-state index in [4.69, 9.17) is 25.8 Å². The largest absolute Gasteiger partial charge is 0.491 e. The fourth-order valence-corrected chi connectivity index (χ4v) is 1.94. The van der Waals surface area contributed by atoms with Gasteiger partial charge in [-0.25, -0.2) is 4.79 Å². The Labute approximate surface area is 145 Å². The third-order valence-corrected chi connectivity index (χ3v) is 3.31. The number of carbonyl (C=O) groups excluding carboxylic acids is 1. The van der Waals surface area contributed by atoms with Gasteiger partial charge in [-0.3, -0.25) is 0 Å². The molecule has 0 bridgehead atoms. The fourth-order valence-electron chi connectivity index (χ4n) is 1.82. The third kappa shape index (κ3) is 6.10. The molecule has 0 radical (unpaired) electrons.